The summed E-state index contributed by atoms with van der Waals surface area (Å²) < 4.78 is 26.4. The van der Waals surface area contributed by atoms with E-state index in [1.165, 1.54) is 7.05 Å². The van der Waals surface area contributed by atoms with Crippen molar-refractivity contribution in [2.75, 3.05) is 7.05 Å². The summed E-state index contributed by atoms with van der Waals surface area (Å²) >= 11 is 0. The van der Waals surface area contributed by atoms with Crippen molar-refractivity contribution in [2.24, 2.45) is 10.1 Å². The van der Waals surface area contributed by atoms with Gasteiger partial charge in [-0.3, -0.25) is 9.69 Å². The summed E-state index contributed by atoms with van der Waals surface area (Å²) in [6.07, 6.45) is 2.11. The Morgan fingerprint density at radius 2 is 1.95 bits per heavy atom. The Bertz CT molecular complexity index is 645. The first-order valence-corrected chi connectivity index (χ1v) is 5.38. The lowest BCUT2D eigenvalue weighted by Crippen LogP contribution is -2.28. The van der Waals surface area contributed by atoms with Gasteiger partial charge in [0.15, 0.2) is 23.2 Å². The molecule has 0 radical (unpaired) electrons. The number of aliphatic imine (C=N–C) groups is 1. The van der Waals surface area contributed by atoms with Crippen molar-refractivity contribution < 1.29 is 23.9 Å². The van der Waals surface area contributed by atoms with Crippen LogP contribution in [0.25, 0.3) is 6.08 Å². The summed E-state index contributed by atoms with van der Waals surface area (Å²) in [6, 6.07) is 1.73. The second-order valence-electron chi connectivity index (χ2n) is 3.94. The fourth-order valence-corrected chi connectivity index (χ4v) is 1.61. The van der Waals surface area contributed by atoms with Crippen LogP contribution in [0.4, 0.5) is 8.78 Å². The van der Waals surface area contributed by atoms with Crippen molar-refractivity contribution in [2.45, 2.75) is 0 Å². The molecule has 0 saturated carbocycles. The molecule has 0 atom stereocenters. The predicted molar refractivity (Wildman–Crippen MR) is 66.5 cm³/mol. The van der Waals surface area contributed by atoms with Crippen LogP contribution in [-0.2, 0) is 4.79 Å². The molecule has 0 aliphatic carbocycles. The SMILES string of the molecule is CN1C(=O)C(=Cc2cc(F)c(O)c(F)c2)N=C1C=NO. The van der Waals surface area contributed by atoms with Gasteiger partial charge in [0, 0.05) is 7.05 Å². The Morgan fingerprint density at radius 1 is 1.35 bits per heavy atom. The monoisotopic (exact) mass is 281 g/mol. The van der Waals surface area contributed by atoms with Gasteiger partial charge in [-0.2, -0.15) is 0 Å². The van der Waals surface area contributed by atoms with Crippen molar-refractivity contribution in [1.82, 2.24) is 4.90 Å². The van der Waals surface area contributed by atoms with Gasteiger partial charge in [0.05, 0.1) is 0 Å². The maximum absolute atomic E-state index is 13.2. The molecule has 8 heteroatoms. The molecule has 1 heterocycles. The molecule has 1 aromatic rings. The predicted octanol–water partition coefficient (Wildman–Crippen LogP) is 1.34. The average molecular weight is 281 g/mol. The molecule has 0 aromatic heterocycles. The first-order chi connectivity index (χ1) is 9.43. The minimum absolute atomic E-state index is 0.0282. The summed E-state index contributed by atoms with van der Waals surface area (Å²) in [4.78, 5) is 16.8. The van der Waals surface area contributed by atoms with Crippen molar-refractivity contribution >= 4 is 24.0 Å². The molecule has 0 spiro atoms. The van der Waals surface area contributed by atoms with Crippen LogP contribution in [0.5, 0.6) is 5.75 Å². The normalized spacial score (nSPS) is 17.4. The molecule has 1 aromatic carbocycles. The molecular formula is C12H9F2N3O3. The van der Waals surface area contributed by atoms with Gasteiger partial charge in [0.2, 0.25) is 0 Å². The number of nitrogens with zero attached hydrogens (tertiary/aromatic N) is 3. The molecule has 6 nitrogen and oxygen atoms in total. The maximum atomic E-state index is 13.2. The number of carbonyl (C=O) groups is 1. The number of halogens is 2. The smallest absolute Gasteiger partial charge is 0.277 e. The van der Waals surface area contributed by atoms with E-state index < -0.39 is 23.3 Å². The second kappa shape index (κ2) is 5.08. The summed E-state index contributed by atoms with van der Waals surface area (Å²) in [6.45, 7) is 0. The zero-order valence-electron chi connectivity index (χ0n) is 10.2. The Kier molecular flexibility index (Phi) is 3.47. The number of oxime groups is 1. The largest absolute Gasteiger partial charge is 0.503 e. The zero-order chi connectivity index (χ0) is 14.9. The highest BCUT2D eigenvalue weighted by Crippen LogP contribution is 2.24. The van der Waals surface area contributed by atoms with Gasteiger partial charge in [0.1, 0.15) is 11.9 Å². The lowest BCUT2D eigenvalue weighted by Gasteiger charge is -2.06. The minimum Gasteiger partial charge on any atom is -0.503 e. The third-order valence-corrected chi connectivity index (χ3v) is 2.62. The number of hydrogen-bond donors (Lipinski definition) is 2. The Labute approximate surface area is 112 Å². The number of phenols is 1. The Morgan fingerprint density at radius 3 is 2.50 bits per heavy atom. The van der Waals surface area contributed by atoms with Crippen molar-refractivity contribution in [1.29, 1.82) is 0 Å². The van der Waals surface area contributed by atoms with Crippen LogP contribution in [-0.4, -0.2) is 40.2 Å². The highest BCUT2D eigenvalue weighted by molar-refractivity contribution is 6.37. The summed E-state index contributed by atoms with van der Waals surface area (Å²) in [5, 5.41) is 20.1. The summed E-state index contributed by atoms with van der Waals surface area (Å²) in [5.41, 5.74) is -0.0487. The van der Waals surface area contributed by atoms with E-state index in [1.807, 2.05) is 0 Å². The highest BCUT2D eigenvalue weighted by Gasteiger charge is 2.26. The molecular weight excluding hydrogens is 272 g/mol. The van der Waals surface area contributed by atoms with E-state index in [9.17, 15) is 13.6 Å². The van der Waals surface area contributed by atoms with Gasteiger partial charge in [0.25, 0.3) is 5.91 Å². The molecule has 0 fully saturated rings. The molecule has 1 aliphatic heterocycles. The van der Waals surface area contributed by atoms with E-state index >= 15 is 0 Å². The molecule has 0 saturated heterocycles. The molecule has 104 valence electrons. The van der Waals surface area contributed by atoms with E-state index in [4.69, 9.17) is 10.3 Å². The topological polar surface area (TPSA) is 85.5 Å². The number of rotatable bonds is 2. The Hall–Kier alpha value is -2.77. The van der Waals surface area contributed by atoms with E-state index in [0.717, 1.165) is 29.3 Å². The average Bonchev–Trinajstić information content (AvgIpc) is 2.65. The number of phenolic OH excluding ortho intramolecular Hbond substituents is 1. The molecule has 0 bridgehead atoms. The van der Waals surface area contributed by atoms with Crippen molar-refractivity contribution in [3.63, 3.8) is 0 Å². The van der Waals surface area contributed by atoms with Crippen LogP contribution in [0.15, 0.2) is 28.0 Å². The molecule has 0 unspecified atom stereocenters. The number of amidine groups is 1. The van der Waals surface area contributed by atoms with Gasteiger partial charge in [-0.25, -0.2) is 13.8 Å². The van der Waals surface area contributed by atoms with Gasteiger partial charge in [-0.05, 0) is 23.8 Å². The third kappa shape index (κ3) is 2.35. The first-order valence-electron chi connectivity index (χ1n) is 5.38. The number of carbonyl (C=O) groups excluding carboxylic acids is 1. The standard InChI is InChI=1S/C12H9F2N3O3/c1-17-10(5-15-20)16-9(12(17)19)4-6-2-7(13)11(18)8(14)3-6/h2-5,18,20H,1H3. The first kappa shape index (κ1) is 13.7. The van der Waals surface area contributed by atoms with Crippen LogP contribution >= 0.6 is 0 Å². The quantitative estimate of drug-likeness (QED) is 0.371. The highest BCUT2D eigenvalue weighted by atomic mass is 19.1. The number of benzene rings is 1. The lowest BCUT2D eigenvalue weighted by atomic mass is 10.1. The van der Waals surface area contributed by atoms with E-state index in [1.54, 1.807) is 0 Å². The molecule has 2 N–H and O–H groups in total. The van der Waals surface area contributed by atoms with E-state index in [0.29, 0.717) is 0 Å². The van der Waals surface area contributed by atoms with Crippen LogP contribution in [0.3, 0.4) is 0 Å². The van der Waals surface area contributed by atoms with Gasteiger partial charge < -0.3 is 10.3 Å². The number of likely N-dealkylation sites (N-methyl/N-ethyl adjacent to an activating group) is 1. The molecule has 2 rings (SSSR count). The molecule has 1 amide bonds. The third-order valence-electron chi connectivity index (χ3n) is 2.62. The van der Waals surface area contributed by atoms with Gasteiger partial charge in [-0.15, -0.1) is 0 Å². The maximum Gasteiger partial charge on any atom is 0.277 e. The van der Waals surface area contributed by atoms with Gasteiger partial charge in [-0.1, -0.05) is 5.16 Å². The Balaban J connectivity index is 2.44. The van der Waals surface area contributed by atoms with E-state index in [-0.39, 0.29) is 17.1 Å². The number of amides is 1. The van der Waals surface area contributed by atoms with Crippen molar-refractivity contribution in [3.8, 4) is 5.75 Å². The number of aromatic hydroxyl groups is 1. The summed E-state index contributed by atoms with van der Waals surface area (Å²) in [7, 11) is 1.40. The fourth-order valence-electron chi connectivity index (χ4n) is 1.61. The zero-order valence-corrected chi connectivity index (χ0v) is 10.2. The van der Waals surface area contributed by atoms with Crippen LogP contribution in [0.1, 0.15) is 5.56 Å². The summed E-state index contributed by atoms with van der Waals surface area (Å²) in [5.74, 6) is -3.80. The van der Waals surface area contributed by atoms with Crippen LogP contribution in [0.2, 0.25) is 0 Å². The van der Waals surface area contributed by atoms with E-state index in [2.05, 4.69) is 10.1 Å². The van der Waals surface area contributed by atoms with Crippen LogP contribution in [0, 0.1) is 11.6 Å². The number of hydrogen-bond acceptors (Lipinski definition) is 5. The lowest BCUT2D eigenvalue weighted by molar-refractivity contribution is -0.121. The van der Waals surface area contributed by atoms with Gasteiger partial charge >= 0.3 is 0 Å². The fraction of sp³-hybridized carbons (Fsp3) is 0.0833. The minimum atomic E-state index is -1.14. The van der Waals surface area contributed by atoms with Crippen LogP contribution < -0.4 is 0 Å². The molecule has 20 heavy (non-hydrogen) atoms. The molecule has 1 aliphatic rings. The van der Waals surface area contributed by atoms with Crippen molar-refractivity contribution in [3.05, 3.63) is 35.0 Å². The second-order valence-corrected chi connectivity index (χ2v) is 3.94.